The number of hydrogen-bond donors (Lipinski definition) is 2. The number of fused-ring (bicyclic) bond motifs is 1. The molecule has 2 aliphatic rings. The molecule has 126 valence electrons. The van der Waals surface area contributed by atoms with E-state index in [1.807, 2.05) is 6.08 Å². The highest BCUT2D eigenvalue weighted by Gasteiger charge is 2.53. The summed E-state index contributed by atoms with van der Waals surface area (Å²) in [6.07, 6.45) is 11.3. The summed E-state index contributed by atoms with van der Waals surface area (Å²) in [6, 6.07) is 0. The molecule has 2 nitrogen and oxygen atoms in total. The van der Waals surface area contributed by atoms with Gasteiger partial charge in [-0.2, -0.15) is 0 Å². The normalized spacial score (nSPS) is 39.4. The molecule has 0 radical (unpaired) electrons. The summed E-state index contributed by atoms with van der Waals surface area (Å²) in [5.41, 5.74) is 3.09. The zero-order valence-electron chi connectivity index (χ0n) is 14.9. The van der Waals surface area contributed by atoms with Gasteiger partial charge in [0.25, 0.3) is 0 Å². The summed E-state index contributed by atoms with van der Waals surface area (Å²) in [5, 5.41) is 18.9. The molecule has 0 aromatic heterocycles. The molecular weight excluding hydrogens is 272 g/mol. The fraction of sp³-hybridized carbons (Fsp3) is 0.800. The number of aliphatic hydroxyl groups excluding tert-OH is 2. The lowest BCUT2D eigenvalue weighted by atomic mass is 9.47. The smallest absolute Gasteiger partial charge is 0.0647 e. The van der Waals surface area contributed by atoms with Gasteiger partial charge in [-0.1, -0.05) is 38.5 Å². The highest BCUT2D eigenvalue weighted by Crippen LogP contribution is 2.61. The first-order valence-electron chi connectivity index (χ1n) is 8.95. The Morgan fingerprint density at radius 1 is 1.32 bits per heavy atom. The third-order valence-corrected chi connectivity index (χ3v) is 7.04. The Kier molecular flexibility index (Phi) is 5.55. The van der Waals surface area contributed by atoms with E-state index in [4.69, 9.17) is 5.11 Å². The predicted molar refractivity (Wildman–Crippen MR) is 92.6 cm³/mol. The van der Waals surface area contributed by atoms with Crippen molar-refractivity contribution in [1.29, 1.82) is 0 Å². The molecule has 0 unspecified atom stereocenters. The van der Waals surface area contributed by atoms with Gasteiger partial charge in [0.05, 0.1) is 13.2 Å². The first-order chi connectivity index (χ1) is 10.4. The molecule has 0 aliphatic heterocycles. The Morgan fingerprint density at radius 3 is 2.68 bits per heavy atom. The zero-order valence-corrected chi connectivity index (χ0v) is 14.9. The first-order valence-corrected chi connectivity index (χ1v) is 8.95. The van der Waals surface area contributed by atoms with Gasteiger partial charge in [-0.05, 0) is 73.7 Å². The SMILES string of the molecule is CC(=CCO)CC[C@@]1(C)[C@H](C)CC[C@]2(C)C(CO)=CCC[C@H]12. The second-order valence-corrected chi connectivity index (χ2v) is 8.11. The molecule has 2 N–H and O–H groups in total. The summed E-state index contributed by atoms with van der Waals surface area (Å²) in [4.78, 5) is 0. The van der Waals surface area contributed by atoms with E-state index in [2.05, 4.69) is 33.8 Å². The van der Waals surface area contributed by atoms with E-state index < -0.39 is 0 Å². The molecule has 4 atom stereocenters. The van der Waals surface area contributed by atoms with Crippen LogP contribution in [0.2, 0.25) is 0 Å². The van der Waals surface area contributed by atoms with E-state index in [0.717, 1.165) is 18.8 Å². The summed E-state index contributed by atoms with van der Waals surface area (Å²) < 4.78 is 0. The summed E-state index contributed by atoms with van der Waals surface area (Å²) in [7, 11) is 0. The summed E-state index contributed by atoms with van der Waals surface area (Å²) >= 11 is 0. The zero-order chi connectivity index (χ0) is 16.4. The minimum atomic E-state index is 0.149. The largest absolute Gasteiger partial charge is 0.392 e. The Hall–Kier alpha value is -0.600. The molecular formula is C20H34O2. The van der Waals surface area contributed by atoms with Crippen LogP contribution in [-0.2, 0) is 0 Å². The highest BCUT2D eigenvalue weighted by atomic mass is 16.3. The topological polar surface area (TPSA) is 40.5 Å². The van der Waals surface area contributed by atoms with E-state index in [0.29, 0.717) is 11.3 Å². The van der Waals surface area contributed by atoms with Crippen molar-refractivity contribution >= 4 is 0 Å². The number of hydrogen-bond acceptors (Lipinski definition) is 2. The van der Waals surface area contributed by atoms with E-state index in [1.165, 1.54) is 36.8 Å². The minimum Gasteiger partial charge on any atom is -0.392 e. The lowest BCUT2D eigenvalue weighted by Crippen LogP contribution is -2.50. The van der Waals surface area contributed by atoms with Gasteiger partial charge in [0.15, 0.2) is 0 Å². The second kappa shape index (κ2) is 6.88. The van der Waals surface area contributed by atoms with Crippen molar-refractivity contribution in [1.82, 2.24) is 0 Å². The molecule has 0 spiro atoms. The van der Waals surface area contributed by atoms with Gasteiger partial charge in [0.1, 0.15) is 0 Å². The van der Waals surface area contributed by atoms with Gasteiger partial charge in [0.2, 0.25) is 0 Å². The third kappa shape index (κ3) is 3.05. The molecule has 2 aliphatic carbocycles. The van der Waals surface area contributed by atoms with Crippen LogP contribution in [0, 0.1) is 22.7 Å². The average Bonchev–Trinajstić information content (AvgIpc) is 2.49. The van der Waals surface area contributed by atoms with Crippen LogP contribution in [0.3, 0.4) is 0 Å². The molecule has 2 rings (SSSR count). The van der Waals surface area contributed by atoms with Gasteiger partial charge in [-0.25, -0.2) is 0 Å². The number of allylic oxidation sites excluding steroid dienone is 2. The van der Waals surface area contributed by atoms with Crippen LogP contribution in [0.4, 0.5) is 0 Å². The second-order valence-electron chi connectivity index (χ2n) is 8.11. The van der Waals surface area contributed by atoms with E-state index in [9.17, 15) is 5.11 Å². The van der Waals surface area contributed by atoms with Crippen LogP contribution in [-0.4, -0.2) is 23.4 Å². The van der Waals surface area contributed by atoms with E-state index >= 15 is 0 Å². The van der Waals surface area contributed by atoms with Crippen molar-refractivity contribution in [2.45, 2.75) is 66.2 Å². The van der Waals surface area contributed by atoms with Crippen LogP contribution in [0.15, 0.2) is 23.3 Å². The molecule has 1 saturated carbocycles. The lowest BCUT2D eigenvalue weighted by Gasteiger charge is -2.58. The van der Waals surface area contributed by atoms with Crippen LogP contribution in [0.5, 0.6) is 0 Å². The third-order valence-electron chi connectivity index (χ3n) is 7.04. The van der Waals surface area contributed by atoms with E-state index in [-0.39, 0.29) is 18.6 Å². The van der Waals surface area contributed by atoms with Crippen LogP contribution >= 0.6 is 0 Å². The standard InChI is InChI=1S/C20H34O2/c1-15(10-13-21)8-11-19(3)16(2)9-12-20(4)17(14-22)6-5-7-18(19)20/h6,10,16,18,21-22H,5,7-9,11-14H2,1-4H3/t16-,18-,19+,20-/m1/s1. The molecule has 1 fully saturated rings. The predicted octanol–water partition coefficient (Wildman–Crippen LogP) is 4.48. The van der Waals surface area contributed by atoms with Gasteiger partial charge in [0, 0.05) is 0 Å². The maximum atomic E-state index is 9.81. The monoisotopic (exact) mass is 306 g/mol. The number of rotatable bonds is 5. The molecule has 0 aromatic rings. The van der Waals surface area contributed by atoms with Crippen LogP contribution in [0.1, 0.15) is 66.2 Å². The fourth-order valence-electron chi connectivity index (χ4n) is 5.17. The molecule has 0 bridgehead atoms. The fourth-order valence-corrected chi connectivity index (χ4v) is 5.17. The first kappa shape index (κ1) is 17.7. The molecule has 0 amide bonds. The average molecular weight is 306 g/mol. The maximum Gasteiger partial charge on any atom is 0.0647 e. The molecule has 0 heterocycles. The highest BCUT2D eigenvalue weighted by molar-refractivity contribution is 5.23. The van der Waals surface area contributed by atoms with Crippen molar-refractivity contribution in [3.05, 3.63) is 23.3 Å². The summed E-state index contributed by atoms with van der Waals surface area (Å²) in [6.45, 7) is 9.79. The van der Waals surface area contributed by atoms with Crippen molar-refractivity contribution < 1.29 is 10.2 Å². The molecule has 0 saturated heterocycles. The van der Waals surface area contributed by atoms with Crippen molar-refractivity contribution in [2.75, 3.05) is 13.2 Å². The Labute approximate surface area is 136 Å². The Balaban J connectivity index is 2.25. The lowest BCUT2D eigenvalue weighted by molar-refractivity contribution is -0.0507. The molecule has 0 aromatic carbocycles. The number of aliphatic hydroxyl groups is 2. The molecule has 2 heteroatoms. The van der Waals surface area contributed by atoms with Crippen LogP contribution in [0.25, 0.3) is 0 Å². The summed E-state index contributed by atoms with van der Waals surface area (Å²) in [5.74, 6) is 1.39. The Morgan fingerprint density at radius 2 is 2.05 bits per heavy atom. The van der Waals surface area contributed by atoms with Crippen molar-refractivity contribution in [2.24, 2.45) is 22.7 Å². The van der Waals surface area contributed by atoms with Gasteiger partial charge in [-0.3, -0.25) is 0 Å². The van der Waals surface area contributed by atoms with E-state index in [1.54, 1.807) is 0 Å². The minimum absolute atomic E-state index is 0.149. The molecule has 22 heavy (non-hydrogen) atoms. The quantitative estimate of drug-likeness (QED) is 0.735. The van der Waals surface area contributed by atoms with Gasteiger partial charge >= 0.3 is 0 Å². The maximum absolute atomic E-state index is 9.81. The Bertz CT molecular complexity index is 451. The van der Waals surface area contributed by atoms with Crippen LogP contribution < -0.4 is 0 Å². The van der Waals surface area contributed by atoms with Gasteiger partial charge in [-0.15, -0.1) is 0 Å². The van der Waals surface area contributed by atoms with Crippen molar-refractivity contribution in [3.63, 3.8) is 0 Å². The van der Waals surface area contributed by atoms with Crippen molar-refractivity contribution in [3.8, 4) is 0 Å². The van der Waals surface area contributed by atoms with Gasteiger partial charge < -0.3 is 10.2 Å².